The van der Waals surface area contributed by atoms with Crippen LogP contribution < -0.4 is 5.32 Å². The van der Waals surface area contributed by atoms with Gasteiger partial charge < -0.3 is 15.0 Å². The molecular formula is C16H25F3N2O3. The summed E-state index contributed by atoms with van der Waals surface area (Å²) in [7, 11) is 0. The first-order chi connectivity index (χ1) is 11.3. The van der Waals surface area contributed by atoms with E-state index in [1.807, 2.05) is 0 Å². The molecule has 1 aliphatic carbocycles. The molecule has 0 aromatic rings. The largest absolute Gasteiger partial charge is 0.408 e. The molecule has 0 bridgehead atoms. The Kier molecular flexibility index (Phi) is 6.48. The SMILES string of the molecule is CC(=O)N[C@@H]1CC[C@H](C(F)(F)F)N(C(=O)COC2CCCCC2)C1. The lowest BCUT2D eigenvalue weighted by atomic mass is 9.97. The highest BCUT2D eigenvalue weighted by molar-refractivity contribution is 5.78. The Hall–Kier alpha value is -1.31. The summed E-state index contributed by atoms with van der Waals surface area (Å²) in [4.78, 5) is 24.3. The van der Waals surface area contributed by atoms with Gasteiger partial charge in [-0.2, -0.15) is 13.2 Å². The molecular weight excluding hydrogens is 325 g/mol. The molecule has 1 saturated carbocycles. The molecule has 5 nitrogen and oxygen atoms in total. The van der Waals surface area contributed by atoms with Crippen molar-refractivity contribution >= 4 is 11.8 Å². The summed E-state index contributed by atoms with van der Waals surface area (Å²) in [6.45, 7) is 0.856. The Morgan fingerprint density at radius 3 is 2.38 bits per heavy atom. The van der Waals surface area contributed by atoms with Crippen molar-refractivity contribution in [3.63, 3.8) is 0 Å². The molecule has 0 unspecified atom stereocenters. The molecule has 1 N–H and O–H groups in total. The molecule has 2 atom stereocenters. The number of carbonyl (C=O) groups excluding carboxylic acids is 2. The fraction of sp³-hybridized carbons (Fsp3) is 0.875. The van der Waals surface area contributed by atoms with Gasteiger partial charge in [-0.05, 0) is 25.7 Å². The smallest absolute Gasteiger partial charge is 0.368 e. The highest BCUT2D eigenvalue weighted by Crippen LogP contribution is 2.32. The molecule has 2 aliphatic rings. The third-order valence-corrected chi connectivity index (χ3v) is 4.68. The number of amides is 2. The average Bonchev–Trinajstić information content (AvgIpc) is 2.52. The number of halogens is 3. The zero-order valence-electron chi connectivity index (χ0n) is 13.9. The topological polar surface area (TPSA) is 58.6 Å². The van der Waals surface area contributed by atoms with E-state index in [1.165, 1.54) is 6.92 Å². The molecule has 2 amide bonds. The Morgan fingerprint density at radius 2 is 1.79 bits per heavy atom. The number of carbonyl (C=O) groups is 2. The second kappa shape index (κ2) is 8.18. The third-order valence-electron chi connectivity index (χ3n) is 4.68. The summed E-state index contributed by atoms with van der Waals surface area (Å²) in [5.74, 6) is -0.964. The van der Waals surface area contributed by atoms with Crippen LogP contribution in [0.15, 0.2) is 0 Å². The van der Waals surface area contributed by atoms with Crippen LogP contribution in [0, 0.1) is 0 Å². The van der Waals surface area contributed by atoms with Crippen LogP contribution in [-0.2, 0) is 14.3 Å². The van der Waals surface area contributed by atoms with E-state index in [1.54, 1.807) is 0 Å². The Morgan fingerprint density at radius 1 is 1.12 bits per heavy atom. The number of piperidine rings is 1. The summed E-state index contributed by atoms with van der Waals surface area (Å²) in [6, 6.07) is -2.25. The molecule has 1 heterocycles. The average molecular weight is 350 g/mol. The first kappa shape index (κ1) is 19.0. The number of ether oxygens (including phenoxy) is 1. The summed E-state index contributed by atoms with van der Waals surface area (Å²) in [5.41, 5.74) is 0. The van der Waals surface area contributed by atoms with Crippen molar-refractivity contribution in [3.05, 3.63) is 0 Å². The van der Waals surface area contributed by atoms with E-state index < -0.39 is 24.2 Å². The van der Waals surface area contributed by atoms with Crippen molar-refractivity contribution in [2.75, 3.05) is 13.2 Å². The molecule has 1 saturated heterocycles. The number of likely N-dealkylation sites (tertiary alicyclic amines) is 1. The van der Waals surface area contributed by atoms with E-state index in [9.17, 15) is 22.8 Å². The first-order valence-electron chi connectivity index (χ1n) is 8.52. The highest BCUT2D eigenvalue weighted by atomic mass is 19.4. The van der Waals surface area contributed by atoms with Crippen LogP contribution >= 0.6 is 0 Å². The van der Waals surface area contributed by atoms with Crippen molar-refractivity contribution in [2.45, 2.75) is 76.2 Å². The number of alkyl halides is 3. The molecule has 0 spiro atoms. The summed E-state index contributed by atoms with van der Waals surface area (Å²) in [5, 5.41) is 2.60. The second-order valence-electron chi connectivity index (χ2n) is 6.65. The maximum absolute atomic E-state index is 13.2. The zero-order chi connectivity index (χ0) is 17.7. The van der Waals surface area contributed by atoms with E-state index in [-0.39, 0.29) is 38.0 Å². The molecule has 138 valence electrons. The summed E-state index contributed by atoms with van der Waals surface area (Å²) < 4.78 is 45.2. The molecule has 8 heteroatoms. The Bertz CT molecular complexity index is 450. The summed E-state index contributed by atoms with van der Waals surface area (Å²) in [6.07, 6.45) is 0.380. The van der Waals surface area contributed by atoms with Crippen LogP contribution in [0.1, 0.15) is 51.9 Å². The molecule has 24 heavy (non-hydrogen) atoms. The molecule has 2 fully saturated rings. The van der Waals surface area contributed by atoms with Crippen LogP contribution in [0.3, 0.4) is 0 Å². The monoisotopic (exact) mass is 350 g/mol. The standard InChI is InChI=1S/C16H25F3N2O3/c1-11(22)20-12-7-8-14(16(17,18)19)21(9-12)15(23)10-24-13-5-3-2-4-6-13/h12-14H,2-10H2,1H3,(H,20,22)/t12-,14-/m1/s1. The van der Waals surface area contributed by atoms with Crippen LogP contribution in [-0.4, -0.2) is 54.2 Å². The Balaban J connectivity index is 1.96. The van der Waals surface area contributed by atoms with Gasteiger partial charge in [-0.25, -0.2) is 0 Å². The third kappa shape index (κ3) is 5.36. The van der Waals surface area contributed by atoms with Crippen LogP contribution in [0.4, 0.5) is 13.2 Å². The number of nitrogens with zero attached hydrogens (tertiary/aromatic N) is 1. The van der Waals surface area contributed by atoms with E-state index >= 15 is 0 Å². The van der Waals surface area contributed by atoms with Crippen molar-refractivity contribution in [3.8, 4) is 0 Å². The minimum atomic E-state index is -4.47. The zero-order valence-corrected chi connectivity index (χ0v) is 13.9. The predicted molar refractivity (Wildman–Crippen MR) is 81.2 cm³/mol. The van der Waals surface area contributed by atoms with Gasteiger partial charge in [-0.3, -0.25) is 9.59 Å². The highest BCUT2D eigenvalue weighted by Gasteiger charge is 2.48. The van der Waals surface area contributed by atoms with Crippen molar-refractivity contribution in [2.24, 2.45) is 0 Å². The van der Waals surface area contributed by atoms with Crippen LogP contribution in [0.2, 0.25) is 0 Å². The van der Waals surface area contributed by atoms with E-state index in [4.69, 9.17) is 4.74 Å². The Labute approximate surface area is 139 Å². The fourth-order valence-electron chi connectivity index (χ4n) is 3.50. The van der Waals surface area contributed by atoms with Crippen molar-refractivity contribution in [1.82, 2.24) is 10.2 Å². The van der Waals surface area contributed by atoms with Gasteiger partial charge in [0.15, 0.2) is 0 Å². The van der Waals surface area contributed by atoms with Gasteiger partial charge in [0.1, 0.15) is 12.6 Å². The van der Waals surface area contributed by atoms with Crippen LogP contribution in [0.25, 0.3) is 0 Å². The first-order valence-corrected chi connectivity index (χ1v) is 8.52. The fourth-order valence-corrected chi connectivity index (χ4v) is 3.50. The quantitative estimate of drug-likeness (QED) is 0.847. The lowest BCUT2D eigenvalue weighted by molar-refractivity contribution is -0.199. The lowest BCUT2D eigenvalue weighted by Gasteiger charge is -2.40. The second-order valence-corrected chi connectivity index (χ2v) is 6.65. The van der Waals surface area contributed by atoms with Gasteiger partial charge in [-0.15, -0.1) is 0 Å². The number of nitrogens with one attached hydrogen (secondary N) is 1. The molecule has 0 aromatic carbocycles. The minimum Gasteiger partial charge on any atom is -0.368 e. The van der Waals surface area contributed by atoms with E-state index in [0.717, 1.165) is 37.0 Å². The number of rotatable bonds is 4. The van der Waals surface area contributed by atoms with Gasteiger partial charge >= 0.3 is 6.18 Å². The normalized spacial score (nSPS) is 26.2. The molecule has 0 radical (unpaired) electrons. The van der Waals surface area contributed by atoms with Gasteiger partial charge in [0.2, 0.25) is 11.8 Å². The molecule has 2 rings (SSSR count). The van der Waals surface area contributed by atoms with E-state index in [2.05, 4.69) is 5.32 Å². The van der Waals surface area contributed by atoms with Crippen LogP contribution in [0.5, 0.6) is 0 Å². The van der Waals surface area contributed by atoms with Gasteiger partial charge in [0, 0.05) is 19.5 Å². The minimum absolute atomic E-state index is 0.0389. The maximum Gasteiger partial charge on any atom is 0.408 e. The summed E-state index contributed by atoms with van der Waals surface area (Å²) >= 11 is 0. The van der Waals surface area contributed by atoms with Gasteiger partial charge in [0.25, 0.3) is 0 Å². The van der Waals surface area contributed by atoms with Crippen molar-refractivity contribution < 1.29 is 27.5 Å². The van der Waals surface area contributed by atoms with E-state index in [0.29, 0.717) is 0 Å². The molecule has 0 aromatic heterocycles. The van der Waals surface area contributed by atoms with Gasteiger partial charge in [-0.1, -0.05) is 19.3 Å². The maximum atomic E-state index is 13.2. The lowest BCUT2D eigenvalue weighted by Crippen LogP contribution is -2.58. The van der Waals surface area contributed by atoms with Gasteiger partial charge in [0.05, 0.1) is 6.10 Å². The number of hydrogen-bond acceptors (Lipinski definition) is 3. The predicted octanol–water partition coefficient (Wildman–Crippen LogP) is 2.39. The molecule has 1 aliphatic heterocycles. The van der Waals surface area contributed by atoms with Crippen molar-refractivity contribution in [1.29, 1.82) is 0 Å². The number of hydrogen-bond donors (Lipinski definition) is 1.